The number of imidazole rings is 1. The summed E-state index contributed by atoms with van der Waals surface area (Å²) in [6, 6.07) is 14.6. The summed E-state index contributed by atoms with van der Waals surface area (Å²) < 4.78 is 5.40. The van der Waals surface area contributed by atoms with Crippen molar-refractivity contribution < 1.29 is 14.6 Å². The number of H-pyrrole nitrogens is 1. The van der Waals surface area contributed by atoms with Crippen molar-refractivity contribution in [3.63, 3.8) is 0 Å². The number of hydrogen-bond acceptors (Lipinski definition) is 8. The number of piperazine rings is 1. The van der Waals surface area contributed by atoms with Gasteiger partial charge in [0.05, 0.1) is 34.4 Å². The topological polar surface area (TPSA) is 107 Å². The Balaban J connectivity index is 1.20. The van der Waals surface area contributed by atoms with E-state index in [2.05, 4.69) is 25.2 Å². The molecule has 5 aromatic rings. The van der Waals surface area contributed by atoms with Crippen LogP contribution in [-0.2, 0) is 6.54 Å². The molecule has 1 aliphatic rings. The summed E-state index contributed by atoms with van der Waals surface area (Å²) >= 11 is 1.67. The number of methoxy groups -OCH3 is 1. The fourth-order valence-corrected chi connectivity index (χ4v) is 5.54. The Labute approximate surface area is 229 Å². The average molecular weight is 541 g/mol. The number of aromatic hydroxyl groups is 1. The summed E-state index contributed by atoms with van der Waals surface area (Å²) in [4.78, 5) is 34.4. The Kier molecular flexibility index (Phi) is 6.72. The number of aromatic nitrogens is 4. The number of phenols is 1. The van der Waals surface area contributed by atoms with Gasteiger partial charge in [-0.25, -0.2) is 15.0 Å². The number of aryl methyl sites for hydroxylation is 1. The molecule has 0 radical (unpaired) electrons. The third-order valence-electron chi connectivity index (χ3n) is 6.97. The van der Waals surface area contributed by atoms with E-state index in [9.17, 15) is 9.90 Å². The second-order valence-corrected chi connectivity index (χ2v) is 10.6. The molecule has 0 unspecified atom stereocenters. The number of carbonyl (C=O) groups is 1. The maximum absolute atomic E-state index is 13.3. The maximum Gasteiger partial charge on any atom is 0.254 e. The lowest BCUT2D eigenvalue weighted by Gasteiger charge is -2.34. The molecular formula is C29H28N6O3S. The zero-order chi connectivity index (χ0) is 26.9. The number of nitrogens with one attached hydrogen (secondary N) is 1. The number of rotatable bonds is 6. The second-order valence-electron chi connectivity index (χ2n) is 9.54. The van der Waals surface area contributed by atoms with Crippen molar-refractivity contribution in [2.75, 3.05) is 33.3 Å². The van der Waals surface area contributed by atoms with Gasteiger partial charge in [-0.1, -0.05) is 6.07 Å². The lowest BCUT2D eigenvalue weighted by molar-refractivity contribution is 0.0627. The predicted octanol–water partition coefficient (Wildman–Crippen LogP) is 4.73. The van der Waals surface area contributed by atoms with Gasteiger partial charge >= 0.3 is 0 Å². The molecule has 1 saturated heterocycles. The Morgan fingerprint density at radius 2 is 1.92 bits per heavy atom. The van der Waals surface area contributed by atoms with Crippen LogP contribution in [0.5, 0.6) is 11.6 Å². The number of carbonyl (C=O) groups excluding carboxylic acids is 1. The normalized spacial score (nSPS) is 14.2. The molecule has 4 heterocycles. The van der Waals surface area contributed by atoms with Crippen molar-refractivity contribution in [2.45, 2.75) is 13.5 Å². The molecule has 2 aromatic carbocycles. The fraction of sp³-hybridized carbons (Fsp3) is 0.241. The average Bonchev–Trinajstić information content (AvgIpc) is 3.58. The highest BCUT2D eigenvalue weighted by atomic mass is 32.1. The summed E-state index contributed by atoms with van der Waals surface area (Å²) in [6.07, 6.45) is 1.67. The van der Waals surface area contributed by atoms with Crippen molar-refractivity contribution >= 4 is 28.3 Å². The number of amides is 1. The van der Waals surface area contributed by atoms with Gasteiger partial charge < -0.3 is 19.7 Å². The van der Waals surface area contributed by atoms with Crippen molar-refractivity contribution in [2.24, 2.45) is 0 Å². The SMILES string of the molecule is COc1ncccc1-c1ccc(O)c(-c2nc3cc(C(=O)N4CCN(Cc5csc(C)n5)CC4)ccc3[nH]2)c1. The minimum Gasteiger partial charge on any atom is -0.507 e. The molecule has 1 amide bonds. The van der Waals surface area contributed by atoms with Crippen LogP contribution in [0, 0.1) is 6.92 Å². The zero-order valence-corrected chi connectivity index (χ0v) is 22.5. The van der Waals surface area contributed by atoms with Crippen LogP contribution in [0.25, 0.3) is 33.5 Å². The van der Waals surface area contributed by atoms with E-state index >= 15 is 0 Å². The zero-order valence-electron chi connectivity index (χ0n) is 21.7. The largest absolute Gasteiger partial charge is 0.507 e. The number of thiazole rings is 1. The first kappa shape index (κ1) is 25.0. The van der Waals surface area contributed by atoms with Crippen molar-refractivity contribution in [3.05, 3.63) is 76.4 Å². The second kappa shape index (κ2) is 10.5. The lowest BCUT2D eigenvalue weighted by atomic mass is 10.0. The van der Waals surface area contributed by atoms with Gasteiger partial charge in [0, 0.05) is 55.4 Å². The van der Waals surface area contributed by atoms with Crippen molar-refractivity contribution in [1.82, 2.24) is 29.7 Å². The molecule has 0 aliphatic carbocycles. The summed E-state index contributed by atoms with van der Waals surface area (Å²) in [5, 5.41) is 13.8. The summed E-state index contributed by atoms with van der Waals surface area (Å²) in [5.41, 5.74) is 5.34. The van der Waals surface area contributed by atoms with Crippen LogP contribution in [-0.4, -0.2) is 74.0 Å². The highest BCUT2D eigenvalue weighted by molar-refractivity contribution is 7.09. The first-order valence-corrected chi connectivity index (χ1v) is 13.6. The van der Waals surface area contributed by atoms with Crippen LogP contribution in [0.2, 0.25) is 0 Å². The van der Waals surface area contributed by atoms with Crippen LogP contribution in [0.4, 0.5) is 0 Å². The number of aromatic amines is 1. The van der Waals surface area contributed by atoms with Crippen molar-refractivity contribution in [3.8, 4) is 34.1 Å². The van der Waals surface area contributed by atoms with Gasteiger partial charge in [-0.05, 0) is 55.0 Å². The van der Waals surface area contributed by atoms with Crippen LogP contribution < -0.4 is 4.74 Å². The highest BCUT2D eigenvalue weighted by Gasteiger charge is 2.23. The molecule has 198 valence electrons. The Morgan fingerprint density at radius 1 is 1.08 bits per heavy atom. The summed E-state index contributed by atoms with van der Waals surface area (Å²) in [7, 11) is 1.58. The molecule has 10 heteroatoms. The molecule has 1 aliphatic heterocycles. The minimum absolute atomic E-state index is 0.000815. The first-order valence-electron chi connectivity index (χ1n) is 12.7. The number of nitrogens with zero attached hydrogens (tertiary/aromatic N) is 5. The van der Waals surface area contributed by atoms with Gasteiger partial charge in [0.2, 0.25) is 5.88 Å². The number of ether oxygens (including phenoxy) is 1. The smallest absolute Gasteiger partial charge is 0.254 e. The van der Waals surface area contributed by atoms with E-state index in [-0.39, 0.29) is 11.7 Å². The van der Waals surface area contributed by atoms with E-state index in [1.807, 2.05) is 54.3 Å². The summed E-state index contributed by atoms with van der Waals surface area (Å²) in [5.74, 6) is 1.12. The number of benzene rings is 2. The van der Waals surface area contributed by atoms with Crippen LogP contribution in [0.15, 0.2) is 60.1 Å². The van der Waals surface area contributed by atoms with E-state index in [0.717, 1.165) is 47.0 Å². The predicted molar refractivity (Wildman–Crippen MR) is 151 cm³/mol. The monoisotopic (exact) mass is 540 g/mol. The number of fused-ring (bicyclic) bond motifs is 1. The van der Waals surface area contributed by atoms with E-state index in [4.69, 9.17) is 9.72 Å². The van der Waals surface area contributed by atoms with Gasteiger partial charge in [0.1, 0.15) is 11.6 Å². The molecular weight excluding hydrogens is 512 g/mol. The Morgan fingerprint density at radius 3 is 2.69 bits per heavy atom. The van der Waals surface area contributed by atoms with Crippen molar-refractivity contribution in [1.29, 1.82) is 0 Å². The van der Waals surface area contributed by atoms with Crippen LogP contribution in [0.1, 0.15) is 21.1 Å². The minimum atomic E-state index is -0.000815. The molecule has 1 fully saturated rings. The molecule has 2 N–H and O–H groups in total. The fourth-order valence-electron chi connectivity index (χ4n) is 4.93. The number of hydrogen-bond donors (Lipinski definition) is 2. The highest BCUT2D eigenvalue weighted by Crippen LogP contribution is 2.35. The molecule has 9 nitrogen and oxygen atoms in total. The number of phenolic OH excluding ortho intramolecular Hbond substituents is 1. The maximum atomic E-state index is 13.3. The molecule has 0 atom stereocenters. The first-order chi connectivity index (χ1) is 19.0. The molecule has 39 heavy (non-hydrogen) atoms. The van der Waals surface area contributed by atoms with Gasteiger partial charge in [-0.15, -0.1) is 11.3 Å². The third-order valence-corrected chi connectivity index (χ3v) is 7.79. The third kappa shape index (κ3) is 5.08. The summed E-state index contributed by atoms with van der Waals surface area (Å²) in [6.45, 7) is 5.80. The molecule has 6 rings (SSSR count). The van der Waals surface area contributed by atoms with E-state index in [1.54, 1.807) is 30.7 Å². The van der Waals surface area contributed by atoms with Gasteiger partial charge in [0.25, 0.3) is 5.91 Å². The van der Waals surface area contributed by atoms with Gasteiger partial charge in [-0.3, -0.25) is 9.69 Å². The Hall–Kier alpha value is -4.28. The van der Waals surface area contributed by atoms with Gasteiger partial charge in [-0.2, -0.15) is 0 Å². The molecule has 0 spiro atoms. The lowest BCUT2D eigenvalue weighted by Crippen LogP contribution is -2.48. The quantitative estimate of drug-likeness (QED) is 0.321. The van der Waals surface area contributed by atoms with Crippen LogP contribution >= 0.6 is 11.3 Å². The van der Waals surface area contributed by atoms with E-state index in [1.165, 1.54) is 0 Å². The Bertz CT molecular complexity index is 1650. The van der Waals surface area contributed by atoms with Gasteiger partial charge in [0.15, 0.2) is 0 Å². The number of pyridine rings is 1. The van der Waals surface area contributed by atoms with E-state index < -0.39 is 0 Å². The van der Waals surface area contributed by atoms with Crippen LogP contribution in [0.3, 0.4) is 0 Å². The molecule has 3 aromatic heterocycles. The van der Waals surface area contributed by atoms with E-state index in [0.29, 0.717) is 41.4 Å². The molecule has 0 bridgehead atoms. The standard InChI is InChI=1S/C29H28N6O3S/c1-18-31-21(17-39-18)16-34-10-12-35(13-11-34)29(37)20-5-7-24-25(15-20)33-27(32-24)23-14-19(6-8-26(23)36)22-4-3-9-30-28(22)38-2/h3-9,14-15,17,36H,10-13,16H2,1-2H3,(H,32,33). The molecule has 0 saturated carbocycles.